The molecule has 0 aromatic carbocycles. The molecule has 0 aliphatic heterocycles. The molecule has 100 valence electrons. The van der Waals surface area contributed by atoms with Gasteiger partial charge in [-0.2, -0.15) is 0 Å². The number of hydrogen-bond acceptors (Lipinski definition) is 5. The summed E-state index contributed by atoms with van der Waals surface area (Å²) < 4.78 is 5.35. The van der Waals surface area contributed by atoms with Gasteiger partial charge in [-0.15, -0.1) is 0 Å². The largest absolute Gasteiger partial charge is 0.483 e. The van der Waals surface area contributed by atoms with Crippen LogP contribution < -0.4 is 4.74 Å². The van der Waals surface area contributed by atoms with Crippen molar-refractivity contribution in [3.63, 3.8) is 0 Å². The summed E-state index contributed by atoms with van der Waals surface area (Å²) in [5.74, 6) is -0.226. The van der Waals surface area contributed by atoms with Crippen molar-refractivity contribution in [2.45, 2.75) is 39.2 Å². The number of nitrogens with zero attached hydrogens (tertiary/aromatic N) is 2. The third-order valence-corrected chi connectivity index (χ3v) is 2.96. The molecule has 6 heteroatoms. The van der Waals surface area contributed by atoms with E-state index in [0.717, 1.165) is 0 Å². The highest BCUT2D eigenvalue weighted by molar-refractivity contribution is 5.40. The van der Waals surface area contributed by atoms with E-state index in [1.54, 1.807) is 13.0 Å². The molecule has 0 amide bonds. The summed E-state index contributed by atoms with van der Waals surface area (Å²) in [7, 11) is 0. The number of aromatic nitrogens is 1. The van der Waals surface area contributed by atoms with Crippen molar-refractivity contribution in [2.75, 3.05) is 6.61 Å². The number of ether oxygens (including phenoxy) is 1. The first-order valence-corrected chi connectivity index (χ1v) is 5.89. The number of hydrogen-bond donors (Lipinski definition) is 1. The zero-order valence-corrected chi connectivity index (χ0v) is 10.8. The minimum atomic E-state index is -0.960. The summed E-state index contributed by atoms with van der Waals surface area (Å²) in [4.78, 5) is 14.1. The highest BCUT2D eigenvalue weighted by Gasteiger charge is 2.25. The fraction of sp³-hybridized carbons (Fsp3) is 0.583. The molecule has 18 heavy (non-hydrogen) atoms. The molecule has 0 saturated carbocycles. The lowest BCUT2D eigenvalue weighted by molar-refractivity contribution is -0.390. The predicted octanol–water partition coefficient (Wildman–Crippen LogP) is 2.23. The summed E-state index contributed by atoms with van der Waals surface area (Å²) in [6, 6.07) is 3.14. The fourth-order valence-electron chi connectivity index (χ4n) is 1.44. The van der Waals surface area contributed by atoms with Gasteiger partial charge in [0.1, 0.15) is 12.3 Å². The van der Waals surface area contributed by atoms with Crippen LogP contribution >= 0.6 is 0 Å². The molecular weight excluding hydrogens is 236 g/mol. The lowest BCUT2D eigenvalue weighted by Gasteiger charge is -2.24. The third kappa shape index (κ3) is 3.40. The Labute approximate surface area is 106 Å². The molecule has 0 fully saturated rings. The molecule has 1 aromatic rings. The van der Waals surface area contributed by atoms with Gasteiger partial charge in [0.2, 0.25) is 5.75 Å². The zero-order valence-electron chi connectivity index (χ0n) is 10.8. The topological polar surface area (TPSA) is 85.5 Å². The minimum absolute atomic E-state index is 0.0194. The van der Waals surface area contributed by atoms with Crippen LogP contribution in [0.2, 0.25) is 0 Å². The van der Waals surface area contributed by atoms with Crippen molar-refractivity contribution in [3.05, 3.63) is 27.9 Å². The van der Waals surface area contributed by atoms with Crippen LogP contribution in [0, 0.1) is 17.0 Å². The van der Waals surface area contributed by atoms with Gasteiger partial charge in [-0.3, -0.25) is 0 Å². The first kappa shape index (κ1) is 14.4. The predicted molar refractivity (Wildman–Crippen MR) is 66.7 cm³/mol. The Kier molecular flexibility index (Phi) is 4.61. The van der Waals surface area contributed by atoms with E-state index in [1.165, 1.54) is 6.07 Å². The maximum absolute atomic E-state index is 10.8. The monoisotopic (exact) mass is 254 g/mol. The highest BCUT2D eigenvalue weighted by atomic mass is 16.6. The number of aliphatic hydroxyl groups is 1. The van der Waals surface area contributed by atoms with Gasteiger partial charge in [0, 0.05) is 6.92 Å². The van der Waals surface area contributed by atoms with Gasteiger partial charge in [0.25, 0.3) is 0 Å². The Balaban J connectivity index is 2.88. The van der Waals surface area contributed by atoms with E-state index in [9.17, 15) is 15.2 Å². The van der Waals surface area contributed by atoms with E-state index in [-0.39, 0.29) is 18.2 Å². The summed E-state index contributed by atoms with van der Waals surface area (Å²) in [6.45, 7) is 5.38. The summed E-state index contributed by atoms with van der Waals surface area (Å²) in [6.07, 6.45) is 1.05. The summed E-state index contributed by atoms with van der Waals surface area (Å²) in [5.41, 5.74) is -0.408. The molecule has 1 N–H and O–H groups in total. The lowest BCUT2D eigenvalue weighted by Crippen LogP contribution is -2.34. The van der Waals surface area contributed by atoms with E-state index in [0.29, 0.717) is 18.5 Å². The van der Waals surface area contributed by atoms with Gasteiger partial charge >= 0.3 is 5.82 Å². The molecule has 1 rings (SSSR count). The van der Waals surface area contributed by atoms with Crippen molar-refractivity contribution in [3.8, 4) is 5.75 Å². The fourth-order valence-corrected chi connectivity index (χ4v) is 1.44. The standard InChI is InChI=1S/C12H18N2O4/c1-4-12(15,5-2)8-18-10-7-6-9(3)13-11(10)14(16)17/h6-7,15H,4-5,8H2,1-3H3. The van der Waals surface area contributed by atoms with Crippen LogP contribution in [0.4, 0.5) is 5.82 Å². The first-order valence-electron chi connectivity index (χ1n) is 5.89. The average Bonchev–Trinajstić information content (AvgIpc) is 2.36. The van der Waals surface area contributed by atoms with E-state index in [1.807, 2.05) is 13.8 Å². The molecule has 0 aliphatic carbocycles. The summed E-state index contributed by atoms with van der Waals surface area (Å²) in [5, 5.41) is 20.9. The third-order valence-electron chi connectivity index (χ3n) is 2.96. The first-order chi connectivity index (χ1) is 8.41. The lowest BCUT2D eigenvalue weighted by atomic mass is 9.99. The minimum Gasteiger partial charge on any atom is -0.483 e. The Morgan fingerprint density at radius 3 is 2.56 bits per heavy atom. The van der Waals surface area contributed by atoms with E-state index < -0.39 is 10.5 Å². The molecule has 0 aliphatic rings. The molecule has 0 radical (unpaired) electrons. The Morgan fingerprint density at radius 2 is 2.06 bits per heavy atom. The summed E-state index contributed by atoms with van der Waals surface area (Å²) >= 11 is 0. The van der Waals surface area contributed by atoms with Crippen molar-refractivity contribution in [1.29, 1.82) is 0 Å². The Morgan fingerprint density at radius 1 is 1.44 bits per heavy atom. The second kappa shape index (κ2) is 5.77. The molecule has 1 aromatic heterocycles. The van der Waals surface area contributed by atoms with E-state index in [2.05, 4.69) is 4.98 Å². The molecule has 6 nitrogen and oxygen atoms in total. The van der Waals surface area contributed by atoms with Crippen LogP contribution in [0.3, 0.4) is 0 Å². The van der Waals surface area contributed by atoms with Gasteiger partial charge < -0.3 is 20.0 Å². The van der Waals surface area contributed by atoms with Crippen LogP contribution in [-0.4, -0.2) is 27.2 Å². The van der Waals surface area contributed by atoms with Gasteiger partial charge in [0.15, 0.2) is 0 Å². The molecule has 0 spiro atoms. The second-order valence-corrected chi connectivity index (χ2v) is 4.25. The van der Waals surface area contributed by atoms with Crippen LogP contribution in [0.25, 0.3) is 0 Å². The maximum atomic E-state index is 10.8. The van der Waals surface area contributed by atoms with Crippen LogP contribution in [0.5, 0.6) is 5.75 Å². The molecule has 0 bridgehead atoms. The highest BCUT2D eigenvalue weighted by Crippen LogP contribution is 2.26. The Hall–Kier alpha value is -1.69. The quantitative estimate of drug-likeness (QED) is 0.621. The van der Waals surface area contributed by atoms with Gasteiger partial charge in [-0.1, -0.05) is 13.8 Å². The molecule has 0 saturated heterocycles. The molecule has 1 heterocycles. The van der Waals surface area contributed by atoms with Crippen molar-refractivity contribution in [2.24, 2.45) is 0 Å². The average molecular weight is 254 g/mol. The second-order valence-electron chi connectivity index (χ2n) is 4.25. The van der Waals surface area contributed by atoms with Crippen molar-refractivity contribution < 1.29 is 14.8 Å². The van der Waals surface area contributed by atoms with Crippen LogP contribution in [-0.2, 0) is 0 Å². The number of nitro groups is 1. The molecular formula is C12H18N2O4. The SMILES string of the molecule is CCC(O)(CC)COc1ccc(C)nc1[N+](=O)[O-]. The normalized spacial score (nSPS) is 11.3. The van der Waals surface area contributed by atoms with Gasteiger partial charge in [0.05, 0.1) is 5.60 Å². The number of pyridine rings is 1. The van der Waals surface area contributed by atoms with Crippen LogP contribution in [0.15, 0.2) is 12.1 Å². The maximum Gasteiger partial charge on any atom is 0.406 e. The van der Waals surface area contributed by atoms with Gasteiger partial charge in [-0.05, 0) is 34.9 Å². The van der Waals surface area contributed by atoms with Crippen molar-refractivity contribution >= 4 is 5.82 Å². The number of rotatable bonds is 6. The van der Waals surface area contributed by atoms with Gasteiger partial charge in [-0.25, -0.2) is 0 Å². The molecule has 0 atom stereocenters. The van der Waals surface area contributed by atoms with E-state index in [4.69, 9.17) is 4.74 Å². The van der Waals surface area contributed by atoms with Crippen molar-refractivity contribution in [1.82, 2.24) is 4.98 Å². The van der Waals surface area contributed by atoms with Crippen LogP contribution in [0.1, 0.15) is 32.4 Å². The Bertz CT molecular complexity index is 430. The zero-order chi connectivity index (χ0) is 13.8. The van der Waals surface area contributed by atoms with E-state index >= 15 is 0 Å². The molecule has 0 unspecified atom stereocenters. The smallest absolute Gasteiger partial charge is 0.406 e. The number of aryl methyl sites for hydroxylation is 1.